The van der Waals surface area contributed by atoms with Gasteiger partial charge in [0.05, 0.1) is 11.2 Å². The molecule has 0 aliphatic rings. The Balaban J connectivity index is 1.68. The summed E-state index contributed by atoms with van der Waals surface area (Å²) in [5, 5.41) is 3.65. The SMILES string of the molecule is O=C(/C=C/c1ccc(OC(F)F)cc1)Nc1cccc2ncccc12. The van der Waals surface area contributed by atoms with Crippen molar-refractivity contribution in [1.82, 2.24) is 4.98 Å². The van der Waals surface area contributed by atoms with E-state index in [-0.39, 0.29) is 11.7 Å². The number of amides is 1. The molecule has 0 radical (unpaired) electrons. The highest BCUT2D eigenvalue weighted by Crippen LogP contribution is 2.21. The first-order chi connectivity index (χ1) is 12.1. The van der Waals surface area contributed by atoms with Crippen LogP contribution in [0, 0.1) is 0 Å². The van der Waals surface area contributed by atoms with Gasteiger partial charge >= 0.3 is 6.61 Å². The number of nitrogens with one attached hydrogen (secondary N) is 1. The van der Waals surface area contributed by atoms with Crippen molar-refractivity contribution in [2.24, 2.45) is 0 Å². The molecule has 0 fully saturated rings. The number of carbonyl (C=O) groups is 1. The predicted octanol–water partition coefficient (Wildman–Crippen LogP) is 4.49. The van der Waals surface area contributed by atoms with Crippen LogP contribution >= 0.6 is 0 Å². The highest BCUT2D eigenvalue weighted by Gasteiger charge is 2.04. The number of rotatable bonds is 5. The smallest absolute Gasteiger partial charge is 0.387 e. The van der Waals surface area contributed by atoms with E-state index in [1.54, 1.807) is 36.5 Å². The van der Waals surface area contributed by atoms with E-state index in [2.05, 4.69) is 15.0 Å². The third kappa shape index (κ3) is 4.38. The normalized spacial score (nSPS) is 11.2. The standard InChI is InChI=1S/C19H14F2N2O2/c20-19(21)25-14-9-6-13(7-10-14)8-11-18(24)23-17-5-1-4-16-15(17)3-2-12-22-16/h1-12,19H,(H,23,24)/b11-8+. The van der Waals surface area contributed by atoms with Crippen molar-refractivity contribution < 1.29 is 18.3 Å². The van der Waals surface area contributed by atoms with Crippen molar-refractivity contribution in [2.45, 2.75) is 6.61 Å². The van der Waals surface area contributed by atoms with Crippen molar-refractivity contribution in [3.05, 3.63) is 72.4 Å². The van der Waals surface area contributed by atoms with Gasteiger partial charge in [0.15, 0.2) is 0 Å². The molecular weight excluding hydrogens is 326 g/mol. The molecule has 0 aliphatic carbocycles. The van der Waals surface area contributed by atoms with E-state index in [1.807, 2.05) is 18.2 Å². The summed E-state index contributed by atoms with van der Waals surface area (Å²) in [6.07, 6.45) is 4.65. The molecule has 0 atom stereocenters. The first-order valence-electron chi connectivity index (χ1n) is 7.49. The monoisotopic (exact) mass is 340 g/mol. The fourth-order valence-corrected chi connectivity index (χ4v) is 2.32. The van der Waals surface area contributed by atoms with Crippen LogP contribution in [0.2, 0.25) is 0 Å². The molecule has 6 heteroatoms. The van der Waals surface area contributed by atoms with Crippen molar-refractivity contribution in [3.63, 3.8) is 0 Å². The molecule has 1 amide bonds. The van der Waals surface area contributed by atoms with Crippen molar-refractivity contribution in [2.75, 3.05) is 5.32 Å². The number of anilines is 1. The molecule has 2 aromatic carbocycles. The lowest BCUT2D eigenvalue weighted by atomic mass is 10.1. The fraction of sp³-hybridized carbons (Fsp3) is 0.0526. The molecule has 4 nitrogen and oxygen atoms in total. The van der Waals surface area contributed by atoms with Crippen LogP contribution in [0.1, 0.15) is 5.56 Å². The number of alkyl halides is 2. The summed E-state index contributed by atoms with van der Waals surface area (Å²) in [5.41, 5.74) is 2.15. The fourth-order valence-electron chi connectivity index (χ4n) is 2.32. The largest absolute Gasteiger partial charge is 0.435 e. The summed E-state index contributed by atoms with van der Waals surface area (Å²) < 4.78 is 28.5. The van der Waals surface area contributed by atoms with Gasteiger partial charge in [0.1, 0.15) is 5.75 Å². The van der Waals surface area contributed by atoms with E-state index in [1.165, 1.54) is 18.2 Å². The average Bonchev–Trinajstić information content (AvgIpc) is 2.61. The number of nitrogens with zero attached hydrogens (tertiary/aromatic N) is 1. The van der Waals surface area contributed by atoms with Gasteiger partial charge in [-0.1, -0.05) is 18.2 Å². The molecule has 25 heavy (non-hydrogen) atoms. The second-order valence-corrected chi connectivity index (χ2v) is 5.15. The van der Waals surface area contributed by atoms with E-state index < -0.39 is 6.61 Å². The first kappa shape index (κ1) is 16.6. The average molecular weight is 340 g/mol. The highest BCUT2D eigenvalue weighted by atomic mass is 19.3. The zero-order valence-corrected chi connectivity index (χ0v) is 13.0. The van der Waals surface area contributed by atoms with Crippen LogP contribution in [0.15, 0.2) is 66.9 Å². The van der Waals surface area contributed by atoms with Gasteiger partial charge in [-0.15, -0.1) is 0 Å². The Hall–Kier alpha value is -3.28. The van der Waals surface area contributed by atoms with Crippen LogP contribution in [0.4, 0.5) is 14.5 Å². The predicted molar refractivity (Wildman–Crippen MR) is 92.5 cm³/mol. The molecule has 126 valence electrons. The Labute approximate surface area is 142 Å². The van der Waals surface area contributed by atoms with Crippen molar-refractivity contribution in [3.8, 4) is 5.75 Å². The van der Waals surface area contributed by atoms with E-state index in [0.29, 0.717) is 11.3 Å². The van der Waals surface area contributed by atoms with Gasteiger partial charge in [-0.25, -0.2) is 0 Å². The van der Waals surface area contributed by atoms with E-state index >= 15 is 0 Å². The van der Waals surface area contributed by atoms with E-state index in [0.717, 1.165) is 10.9 Å². The molecule has 0 unspecified atom stereocenters. The Kier molecular flexibility index (Phi) is 4.99. The molecule has 1 aromatic heterocycles. The number of aromatic nitrogens is 1. The maximum atomic E-state index is 12.1. The lowest BCUT2D eigenvalue weighted by Gasteiger charge is -2.06. The summed E-state index contributed by atoms with van der Waals surface area (Å²) in [5.74, 6) is -0.232. The summed E-state index contributed by atoms with van der Waals surface area (Å²) in [6, 6.07) is 15.2. The Morgan fingerprint density at radius 2 is 1.88 bits per heavy atom. The molecule has 1 N–H and O–H groups in total. The summed E-state index contributed by atoms with van der Waals surface area (Å²) >= 11 is 0. The molecule has 0 aliphatic heterocycles. The van der Waals surface area contributed by atoms with E-state index in [9.17, 15) is 13.6 Å². The Bertz CT molecular complexity index is 903. The second-order valence-electron chi connectivity index (χ2n) is 5.15. The Morgan fingerprint density at radius 3 is 2.64 bits per heavy atom. The first-order valence-corrected chi connectivity index (χ1v) is 7.49. The Morgan fingerprint density at radius 1 is 1.08 bits per heavy atom. The lowest BCUT2D eigenvalue weighted by molar-refractivity contribution is -0.111. The lowest BCUT2D eigenvalue weighted by Crippen LogP contribution is -2.08. The number of halogens is 2. The third-order valence-corrected chi connectivity index (χ3v) is 3.44. The molecule has 3 aromatic rings. The number of ether oxygens (including phenoxy) is 1. The van der Waals surface area contributed by atoms with E-state index in [4.69, 9.17) is 0 Å². The summed E-state index contributed by atoms with van der Waals surface area (Å²) in [6.45, 7) is -2.86. The number of pyridine rings is 1. The number of carbonyl (C=O) groups excluding carboxylic acids is 1. The molecule has 0 bridgehead atoms. The van der Waals surface area contributed by atoms with Gasteiger partial charge in [0, 0.05) is 17.7 Å². The topological polar surface area (TPSA) is 51.2 Å². The molecule has 0 spiro atoms. The maximum Gasteiger partial charge on any atom is 0.387 e. The quantitative estimate of drug-likeness (QED) is 0.696. The van der Waals surface area contributed by atoms with Gasteiger partial charge in [-0.05, 0) is 48.0 Å². The van der Waals surface area contributed by atoms with Crippen LogP contribution in [-0.4, -0.2) is 17.5 Å². The number of hydrogen-bond donors (Lipinski definition) is 1. The van der Waals surface area contributed by atoms with Crippen molar-refractivity contribution >= 4 is 28.6 Å². The number of hydrogen-bond acceptors (Lipinski definition) is 3. The van der Waals surface area contributed by atoms with Crippen LogP contribution in [-0.2, 0) is 4.79 Å². The molecule has 0 saturated carbocycles. The zero-order valence-electron chi connectivity index (χ0n) is 13.0. The molecule has 1 heterocycles. The minimum absolute atomic E-state index is 0.0693. The third-order valence-electron chi connectivity index (χ3n) is 3.44. The molecule has 0 saturated heterocycles. The minimum Gasteiger partial charge on any atom is -0.435 e. The van der Waals surface area contributed by atoms with Gasteiger partial charge in [0.25, 0.3) is 0 Å². The minimum atomic E-state index is -2.86. The van der Waals surface area contributed by atoms with Crippen LogP contribution in [0.5, 0.6) is 5.75 Å². The van der Waals surface area contributed by atoms with Gasteiger partial charge in [-0.2, -0.15) is 8.78 Å². The van der Waals surface area contributed by atoms with Crippen LogP contribution < -0.4 is 10.1 Å². The van der Waals surface area contributed by atoms with Gasteiger partial charge < -0.3 is 10.1 Å². The highest BCUT2D eigenvalue weighted by molar-refractivity contribution is 6.06. The van der Waals surface area contributed by atoms with Crippen LogP contribution in [0.25, 0.3) is 17.0 Å². The van der Waals surface area contributed by atoms with Crippen LogP contribution in [0.3, 0.4) is 0 Å². The van der Waals surface area contributed by atoms with Gasteiger partial charge in [0.2, 0.25) is 5.91 Å². The van der Waals surface area contributed by atoms with Crippen molar-refractivity contribution in [1.29, 1.82) is 0 Å². The maximum absolute atomic E-state index is 12.1. The molecule has 3 rings (SSSR count). The van der Waals surface area contributed by atoms with Gasteiger partial charge in [-0.3, -0.25) is 9.78 Å². The summed E-state index contributed by atoms with van der Waals surface area (Å²) in [4.78, 5) is 16.3. The number of benzene rings is 2. The number of fused-ring (bicyclic) bond motifs is 1. The zero-order chi connectivity index (χ0) is 17.6. The summed E-state index contributed by atoms with van der Waals surface area (Å²) in [7, 11) is 0. The molecular formula is C19H14F2N2O2. The second kappa shape index (κ2) is 7.53.